The second-order valence-corrected chi connectivity index (χ2v) is 5.29. The minimum absolute atomic E-state index is 0.147. The van der Waals surface area contributed by atoms with Crippen molar-refractivity contribution in [1.82, 2.24) is 4.72 Å². The van der Waals surface area contributed by atoms with Crippen LogP contribution in [-0.2, 0) is 19.5 Å². The van der Waals surface area contributed by atoms with Gasteiger partial charge in [-0.2, -0.15) is 0 Å². The van der Waals surface area contributed by atoms with E-state index in [1.807, 2.05) is 6.92 Å². The van der Waals surface area contributed by atoms with Crippen LogP contribution < -0.4 is 4.72 Å². The zero-order chi connectivity index (χ0) is 11.9. The zero-order valence-electron chi connectivity index (χ0n) is 9.82. The molecule has 0 aromatic carbocycles. The van der Waals surface area contributed by atoms with Crippen molar-refractivity contribution < 1.29 is 17.9 Å². The number of sulfonamides is 1. The van der Waals surface area contributed by atoms with E-state index in [1.54, 1.807) is 6.92 Å². The third kappa shape index (κ3) is 6.09. The molecule has 1 N–H and O–H groups in total. The Labute approximate surface area is 92.2 Å². The second kappa shape index (κ2) is 7.16. The summed E-state index contributed by atoms with van der Waals surface area (Å²) in [4.78, 5) is 0. The molecule has 15 heavy (non-hydrogen) atoms. The van der Waals surface area contributed by atoms with E-state index < -0.39 is 16.3 Å². The smallest absolute Gasteiger partial charge is 0.212 e. The summed E-state index contributed by atoms with van der Waals surface area (Å²) in [5, 5.41) is 0. The maximum atomic E-state index is 11.5. The first kappa shape index (κ1) is 14.8. The van der Waals surface area contributed by atoms with Gasteiger partial charge < -0.3 is 9.47 Å². The Morgan fingerprint density at radius 1 is 1.27 bits per heavy atom. The Bertz CT molecular complexity index is 249. The van der Waals surface area contributed by atoms with Crippen LogP contribution >= 0.6 is 0 Å². The minimum atomic E-state index is -3.22. The summed E-state index contributed by atoms with van der Waals surface area (Å²) < 4.78 is 35.5. The maximum absolute atomic E-state index is 11.5. The van der Waals surface area contributed by atoms with Crippen LogP contribution in [0.4, 0.5) is 0 Å². The average Bonchev–Trinajstić information content (AvgIpc) is 2.16. The van der Waals surface area contributed by atoms with Gasteiger partial charge in [-0.05, 0) is 13.3 Å². The van der Waals surface area contributed by atoms with Gasteiger partial charge in [0.05, 0.1) is 11.8 Å². The molecule has 92 valence electrons. The molecular formula is C9H21NO4S. The lowest BCUT2D eigenvalue weighted by Gasteiger charge is -2.21. The molecule has 0 bridgehead atoms. The third-order valence-corrected chi connectivity index (χ3v) is 3.56. The molecular weight excluding hydrogens is 218 g/mol. The molecule has 1 atom stereocenters. The molecule has 0 aromatic heterocycles. The molecule has 0 saturated carbocycles. The first-order valence-electron chi connectivity index (χ1n) is 5.02. The van der Waals surface area contributed by atoms with Crippen molar-refractivity contribution in [3.05, 3.63) is 0 Å². The SMILES string of the molecule is CCCCS(=O)(=O)NC(C)C(OC)OC. The highest BCUT2D eigenvalue weighted by atomic mass is 32.2. The fourth-order valence-electron chi connectivity index (χ4n) is 1.24. The van der Waals surface area contributed by atoms with E-state index in [-0.39, 0.29) is 11.8 Å². The van der Waals surface area contributed by atoms with Gasteiger partial charge >= 0.3 is 0 Å². The van der Waals surface area contributed by atoms with Gasteiger partial charge in [0, 0.05) is 14.2 Å². The first-order chi connectivity index (χ1) is 6.96. The number of nitrogens with one attached hydrogen (secondary N) is 1. The maximum Gasteiger partial charge on any atom is 0.212 e. The van der Waals surface area contributed by atoms with Gasteiger partial charge in [0.1, 0.15) is 0 Å². The molecule has 0 fully saturated rings. The van der Waals surface area contributed by atoms with Crippen LogP contribution in [0.2, 0.25) is 0 Å². The van der Waals surface area contributed by atoms with Crippen molar-refractivity contribution >= 4 is 10.0 Å². The first-order valence-corrected chi connectivity index (χ1v) is 6.67. The third-order valence-electron chi connectivity index (χ3n) is 2.00. The van der Waals surface area contributed by atoms with Crippen molar-refractivity contribution in [3.8, 4) is 0 Å². The van der Waals surface area contributed by atoms with E-state index in [4.69, 9.17) is 9.47 Å². The molecule has 0 heterocycles. The normalized spacial score (nSPS) is 14.5. The highest BCUT2D eigenvalue weighted by Crippen LogP contribution is 2.02. The number of unbranched alkanes of at least 4 members (excludes halogenated alkanes) is 1. The summed E-state index contributed by atoms with van der Waals surface area (Å²) in [6.07, 6.45) is 0.960. The van der Waals surface area contributed by atoms with Crippen molar-refractivity contribution in [2.24, 2.45) is 0 Å². The largest absolute Gasteiger partial charge is 0.354 e. The Morgan fingerprint density at radius 3 is 2.20 bits per heavy atom. The van der Waals surface area contributed by atoms with Crippen LogP contribution in [0.5, 0.6) is 0 Å². The fraction of sp³-hybridized carbons (Fsp3) is 1.00. The molecule has 5 nitrogen and oxygen atoms in total. The van der Waals surface area contributed by atoms with Crippen LogP contribution in [0, 0.1) is 0 Å². The Hall–Kier alpha value is -0.170. The second-order valence-electron chi connectivity index (χ2n) is 3.42. The van der Waals surface area contributed by atoms with Gasteiger partial charge in [0.2, 0.25) is 10.0 Å². The summed E-state index contributed by atoms with van der Waals surface area (Å²) in [6.45, 7) is 3.66. The number of hydrogen-bond donors (Lipinski definition) is 1. The molecule has 0 aliphatic rings. The summed E-state index contributed by atoms with van der Waals surface area (Å²) >= 11 is 0. The molecule has 1 unspecified atom stereocenters. The van der Waals surface area contributed by atoms with E-state index in [0.29, 0.717) is 6.42 Å². The van der Waals surface area contributed by atoms with Gasteiger partial charge in [-0.1, -0.05) is 13.3 Å². The van der Waals surface area contributed by atoms with E-state index >= 15 is 0 Å². The zero-order valence-corrected chi connectivity index (χ0v) is 10.6. The predicted molar refractivity (Wildman–Crippen MR) is 59.1 cm³/mol. The monoisotopic (exact) mass is 239 g/mol. The molecule has 0 aliphatic heterocycles. The number of rotatable bonds is 8. The van der Waals surface area contributed by atoms with Gasteiger partial charge in [0.15, 0.2) is 6.29 Å². The molecule has 0 rings (SSSR count). The summed E-state index contributed by atoms with van der Waals surface area (Å²) in [5.74, 6) is 0.147. The fourth-order valence-corrected chi connectivity index (χ4v) is 2.70. The highest BCUT2D eigenvalue weighted by Gasteiger charge is 2.21. The predicted octanol–water partition coefficient (Wildman–Crippen LogP) is 0.713. The lowest BCUT2D eigenvalue weighted by atomic mass is 10.3. The van der Waals surface area contributed by atoms with Crippen LogP contribution in [-0.4, -0.2) is 40.7 Å². The Kier molecular flexibility index (Phi) is 7.08. The lowest BCUT2D eigenvalue weighted by Crippen LogP contribution is -2.43. The molecule has 6 heteroatoms. The molecule has 0 aromatic rings. The van der Waals surface area contributed by atoms with Crippen molar-refractivity contribution in [1.29, 1.82) is 0 Å². The van der Waals surface area contributed by atoms with Gasteiger partial charge in [0.25, 0.3) is 0 Å². The lowest BCUT2D eigenvalue weighted by molar-refractivity contribution is -0.115. The van der Waals surface area contributed by atoms with E-state index in [1.165, 1.54) is 14.2 Å². The van der Waals surface area contributed by atoms with Gasteiger partial charge in [-0.3, -0.25) is 0 Å². The highest BCUT2D eigenvalue weighted by molar-refractivity contribution is 7.89. The van der Waals surface area contributed by atoms with Gasteiger partial charge in [-0.25, -0.2) is 13.1 Å². The van der Waals surface area contributed by atoms with Crippen LogP contribution in [0.1, 0.15) is 26.7 Å². The van der Waals surface area contributed by atoms with Crippen molar-refractivity contribution in [2.75, 3.05) is 20.0 Å². The quantitative estimate of drug-likeness (QED) is 0.634. The van der Waals surface area contributed by atoms with Crippen molar-refractivity contribution in [3.63, 3.8) is 0 Å². The standard InChI is InChI=1S/C9H21NO4S/c1-5-6-7-15(11,12)10-8(2)9(13-3)14-4/h8-10H,5-7H2,1-4H3. The molecule has 0 spiro atoms. The molecule has 0 aliphatic carbocycles. The number of hydrogen-bond acceptors (Lipinski definition) is 4. The average molecular weight is 239 g/mol. The summed E-state index contributed by atoms with van der Waals surface area (Å²) in [5.41, 5.74) is 0. The van der Waals surface area contributed by atoms with Crippen LogP contribution in [0.3, 0.4) is 0 Å². The van der Waals surface area contributed by atoms with E-state index in [9.17, 15) is 8.42 Å². The summed E-state index contributed by atoms with van der Waals surface area (Å²) in [7, 11) is -0.264. The van der Waals surface area contributed by atoms with Crippen LogP contribution in [0.25, 0.3) is 0 Å². The number of methoxy groups -OCH3 is 2. The van der Waals surface area contributed by atoms with E-state index in [0.717, 1.165) is 6.42 Å². The molecule has 0 amide bonds. The Balaban J connectivity index is 4.19. The minimum Gasteiger partial charge on any atom is -0.354 e. The van der Waals surface area contributed by atoms with E-state index in [2.05, 4.69) is 4.72 Å². The Morgan fingerprint density at radius 2 is 1.80 bits per heavy atom. The summed E-state index contributed by atoms with van der Waals surface area (Å²) in [6, 6.07) is -0.387. The molecule has 0 saturated heterocycles. The topological polar surface area (TPSA) is 64.6 Å². The number of ether oxygens (including phenoxy) is 2. The molecule has 0 radical (unpaired) electrons. The van der Waals surface area contributed by atoms with Gasteiger partial charge in [-0.15, -0.1) is 0 Å². The van der Waals surface area contributed by atoms with Crippen LogP contribution in [0.15, 0.2) is 0 Å². The van der Waals surface area contributed by atoms with Crippen molar-refractivity contribution in [2.45, 2.75) is 39.0 Å².